The van der Waals surface area contributed by atoms with Gasteiger partial charge in [-0.1, -0.05) is 35.3 Å². The molecule has 2 aromatic rings. The van der Waals surface area contributed by atoms with Gasteiger partial charge in [-0.25, -0.2) is 0 Å². The molecule has 0 saturated heterocycles. The number of ether oxygens (including phenoxy) is 2. The number of hydrogen-bond donors (Lipinski definition) is 0. The molecule has 2 rings (SSSR count). The van der Waals surface area contributed by atoms with Gasteiger partial charge in [-0.3, -0.25) is 0 Å². The third-order valence-corrected chi connectivity index (χ3v) is 2.69. The molecule has 18 heavy (non-hydrogen) atoms. The summed E-state index contributed by atoms with van der Waals surface area (Å²) in [5.74, 6) is 1.21. The van der Waals surface area contributed by atoms with Crippen LogP contribution in [0.15, 0.2) is 30.3 Å². The van der Waals surface area contributed by atoms with Crippen LogP contribution in [0.2, 0.25) is 10.3 Å². The minimum Gasteiger partial charge on any atom is -0.497 e. The molecule has 0 aliphatic carbocycles. The van der Waals surface area contributed by atoms with Gasteiger partial charge >= 0.3 is 0 Å². The molecule has 1 aromatic carbocycles. The van der Waals surface area contributed by atoms with E-state index in [1.54, 1.807) is 7.11 Å². The summed E-state index contributed by atoms with van der Waals surface area (Å²) in [6, 6.07) is 9.06. The van der Waals surface area contributed by atoms with Crippen molar-refractivity contribution in [3.8, 4) is 11.5 Å². The Labute approximate surface area is 114 Å². The second-order valence-corrected chi connectivity index (χ2v) is 4.20. The number of nitrogens with zero attached hydrogens (tertiary/aromatic N) is 2. The molecule has 0 aliphatic heterocycles. The van der Waals surface area contributed by atoms with Crippen molar-refractivity contribution in [3.05, 3.63) is 46.2 Å². The maximum Gasteiger partial charge on any atom is 0.193 e. The molecule has 0 fully saturated rings. The van der Waals surface area contributed by atoms with Crippen LogP contribution in [-0.4, -0.2) is 17.3 Å². The molecule has 0 bridgehead atoms. The maximum atomic E-state index is 5.83. The lowest BCUT2D eigenvalue weighted by Crippen LogP contribution is -1.98. The van der Waals surface area contributed by atoms with Gasteiger partial charge in [0.05, 0.1) is 7.11 Å². The van der Waals surface area contributed by atoms with Gasteiger partial charge in [0.2, 0.25) is 0 Å². The lowest BCUT2D eigenvalue weighted by atomic mass is 10.2. The van der Waals surface area contributed by atoms with Crippen molar-refractivity contribution in [2.75, 3.05) is 7.11 Å². The number of rotatable bonds is 4. The molecular weight excluding hydrogens is 275 g/mol. The Morgan fingerprint density at radius 2 is 1.83 bits per heavy atom. The van der Waals surface area contributed by atoms with Crippen molar-refractivity contribution < 1.29 is 9.47 Å². The van der Waals surface area contributed by atoms with E-state index in [0.29, 0.717) is 12.4 Å². The van der Waals surface area contributed by atoms with Crippen molar-refractivity contribution >= 4 is 23.2 Å². The normalized spacial score (nSPS) is 10.2. The minimum absolute atomic E-state index is 0.188. The zero-order valence-corrected chi connectivity index (χ0v) is 11.1. The lowest BCUT2D eigenvalue weighted by molar-refractivity contribution is 0.304. The van der Waals surface area contributed by atoms with E-state index in [1.165, 1.54) is 6.07 Å². The zero-order chi connectivity index (χ0) is 13.0. The molecule has 94 valence electrons. The van der Waals surface area contributed by atoms with Gasteiger partial charge in [0.15, 0.2) is 16.1 Å². The van der Waals surface area contributed by atoms with Crippen LogP contribution in [-0.2, 0) is 6.61 Å². The van der Waals surface area contributed by atoms with Gasteiger partial charge in [-0.05, 0) is 17.7 Å². The molecule has 0 radical (unpaired) electrons. The van der Waals surface area contributed by atoms with Crippen molar-refractivity contribution in [2.24, 2.45) is 0 Å². The fraction of sp³-hybridized carbons (Fsp3) is 0.167. The first-order valence-corrected chi connectivity index (χ1v) is 5.89. The van der Waals surface area contributed by atoms with E-state index >= 15 is 0 Å². The Bertz CT molecular complexity index is 532. The lowest BCUT2D eigenvalue weighted by Gasteiger charge is -2.07. The van der Waals surface area contributed by atoms with Gasteiger partial charge < -0.3 is 9.47 Å². The molecule has 0 atom stereocenters. The molecule has 0 spiro atoms. The minimum atomic E-state index is 0.188. The second-order valence-electron chi connectivity index (χ2n) is 3.46. The Hall–Kier alpha value is -1.52. The van der Waals surface area contributed by atoms with E-state index in [1.807, 2.05) is 24.3 Å². The molecule has 0 amide bonds. The van der Waals surface area contributed by atoms with Crippen LogP contribution in [0.5, 0.6) is 11.5 Å². The second kappa shape index (κ2) is 5.89. The van der Waals surface area contributed by atoms with Crippen molar-refractivity contribution in [1.82, 2.24) is 10.2 Å². The van der Waals surface area contributed by atoms with Crippen molar-refractivity contribution in [2.45, 2.75) is 6.61 Å². The number of halogens is 2. The molecule has 0 aliphatic rings. The summed E-state index contributed by atoms with van der Waals surface area (Å²) in [6.07, 6.45) is 0. The van der Waals surface area contributed by atoms with Crippen LogP contribution < -0.4 is 9.47 Å². The molecule has 6 heteroatoms. The summed E-state index contributed by atoms with van der Waals surface area (Å²) in [7, 11) is 1.62. The first kappa shape index (κ1) is 12.9. The van der Waals surface area contributed by atoms with Crippen LogP contribution in [0, 0.1) is 0 Å². The number of methoxy groups -OCH3 is 1. The largest absolute Gasteiger partial charge is 0.497 e. The molecule has 0 saturated carbocycles. The Morgan fingerprint density at radius 3 is 2.50 bits per heavy atom. The van der Waals surface area contributed by atoms with E-state index in [-0.39, 0.29) is 10.3 Å². The maximum absolute atomic E-state index is 5.83. The highest BCUT2D eigenvalue weighted by Gasteiger charge is 2.05. The summed E-state index contributed by atoms with van der Waals surface area (Å²) in [5, 5.41) is 7.69. The highest BCUT2D eigenvalue weighted by molar-refractivity contribution is 6.32. The van der Waals surface area contributed by atoms with Crippen molar-refractivity contribution in [3.63, 3.8) is 0 Å². The zero-order valence-electron chi connectivity index (χ0n) is 9.56. The summed E-state index contributed by atoms with van der Waals surface area (Å²) in [5.41, 5.74) is 0.986. The smallest absolute Gasteiger partial charge is 0.193 e. The third-order valence-electron chi connectivity index (χ3n) is 2.24. The molecule has 1 heterocycles. The van der Waals surface area contributed by atoms with Gasteiger partial charge in [-0.15, -0.1) is 10.2 Å². The van der Waals surface area contributed by atoms with E-state index < -0.39 is 0 Å². The fourth-order valence-corrected chi connectivity index (χ4v) is 1.61. The van der Waals surface area contributed by atoms with E-state index in [9.17, 15) is 0 Å². The van der Waals surface area contributed by atoms with Crippen LogP contribution >= 0.6 is 23.2 Å². The van der Waals surface area contributed by atoms with Gasteiger partial charge in [0.25, 0.3) is 0 Å². The Morgan fingerprint density at radius 1 is 1.11 bits per heavy atom. The average molecular weight is 285 g/mol. The van der Waals surface area contributed by atoms with E-state index in [0.717, 1.165) is 11.3 Å². The third kappa shape index (κ3) is 3.24. The first-order valence-electron chi connectivity index (χ1n) is 5.13. The highest BCUT2D eigenvalue weighted by atomic mass is 35.5. The quantitative estimate of drug-likeness (QED) is 0.864. The standard InChI is InChI=1S/C12H10Cl2N2O2/c1-17-9-4-2-8(3-5-9)7-18-10-6-11(13)15-16-12(10)14/h2-6H,7H2,1H3. The van der Waals surface area contributed by atoms with Crippen LogP contribution in [0.4, 0.5) is 0 Å². The van der Waals surface area contributed by atoms with Crippen LogP contribution in [0.3, 0.4) is 0 Å². The first-order chi connectivity index (χ1) is 8.69. The molecule has 4 nitrogen and oxygen atoms in total. The van der Waals surface area contributed by atoms with E-state index in [4.69, 9.17) is 32.7 Å². The van der Waals surface area contributed by atoms with Gasteiger partial charge in [0, 0.05) is 6.07 Å². The summed E-state index contributed by atoms with van der Waals surface area (Å²) in [4.78, 5) is 0. The molecular formula is C12H10Cl2N2O2. The highest BCUT2D eigenvalue weighted by Crippen LogP contribution is 2.24. The Balaban J connectivity index is 2.04. The Kier molecular flexibility index (Phi) is 4.23. The summed E-state index contributed by atoms with van der Waals surface area (Å²) < 4.78 is 10.6. The fourth-order valence-electron chi connectivity index (χ4n) is 1.32. The monoisotopic (exact) mass is 284 g/mol. The molecule has 0 unspecified atom stereocenters. The van der Waals surface area contributed by atoms with E-state index in [2.05, 4.69) is 10.2 Å². The number of hydrogen-bond acceptors (Lipinski definition) is 4. The topological polar surface area (TPSA) is 44.2 Å². The van der Waals surface area contributed by atoms with Crippen molar-refractivity contribution in [1.29, 1.82) is 0 Å². The summed E-state index contributed by atoms with van der Waals surface area (Å²) in [6.45, 7) is 0.367. The predicted molar refractivity (Wildman–Crippen MR) is 69.4 cm³/mol. The van der Waals surface area contributed by atoms with Crippen LogP contribution in [0.1, 0.15) is 5.56 Å². The number of aromatic nitrogens is 2. The molecule has 0 N–H and O–H groups in total. The SMILES string of the molecule is COc1ccc(COc2cc(Cl)nnc2Cl)cc1. The van der Waals surface area contributed by atoms with Crippen LogP contribution in [0.25, 0.3) is 0 Å². The number of benzene rings is 1. The van der Waals surface area contributed by atoms with Gasteiger partial charge in [0.1, 0.15) is 12.4 Å². The summed E-state index contributed by atoms with van der Waals surface area (Å²) >= 11 is 11.5. The predicted octanol–water partition coefficient (Wildman–Crippen LogP) is 3.37. The van der Waals surface area contributed by atoms with Gasteiger partial charge in [-0.2, -0.15) is 0 Å². The average Bonchev–Trinajstić information content (AvgIpc) is 2.40. The molecule has 1 aromatic heterocycles.